The first kappa shape index (κ1) is 17.8. The Morgan fingerprint density at radius 2 is 2.12 bits per heavy atom. The molecule has 1 spiro atoms. The maximum atomic E-state index is 13.7. The van der Waals surface area contributed by atoms with E-state index < -0.39 is 29.6 Å². The van der Waals surface area contributed by atoms with Crippen molar-refractivity contribution in [2.24, 2.45) is 5.41 Å². The standard InChI is InChI=1S/C16H18F4N2O3/c1-24-12-3-2-10(6-11(12)17)13(16(18,19)20)21-14(23)22-7-15(8-22)4-5-25-9-15/h2-3,6,13H,4-5,7-9H2,1H3,(H,21,23). The van der Waals surface area contributed by atoms with Gasteiger partial charge in [-0.2, -0.15) is 13.2 Å². The molecule has 0 aromatic heterocycles. The molecule has 1 unspecified atom stereocenters. The molecule has 1 atom stereocenters. The van der Waals surface area contributed by atoms with Crippen LogP contribution in [0, 0.1) is 11.2 Å². The van der Waals surface area contributed by atoms with Gasteiger partial charge in [0.25, 0.3) is 0 Å². The molecule has 2 fully saturated rings. The minimum absolute atomic E-state index is 0.128. The van der Waals surface area contributed by atoms with E-state index in [0.717, 1.165) is 24.6 Å². The Kier molecular flexibility index (Phi) is 4.52. The fourth-order valence-electron chi connectivity index (χ4n) is 3.24. The minimum atomic E-state index is -4.75. The summed E-state index contributed by atoms with van der Waals surface area (Å²) in [5.41, 5.74) is -0.518. The third-order valence-corrected chi connectivity index (χ3v) is 4.63. The second-order valence-electron chi connectivity index (χ2n) is 6.48. The number of alkyl halides is 3. The van der Waals surface area contributed by atoms with Crippen LogP contribution in [0.25, 0.3) is 0 Å². The number of nitrogens with one attached hydrogen (secondary N) is 1. The summed E-state index contributed by atoms with van der Waals surface area (Å²) in [5.74, 6) is -1.09. The third kappa shape index (κ3) is 3.51. The smallest absolute Gasteiger partial charge is 0.412 e. The van der Waals surface area contributed by atoms with Crippen molar-refractivity contribution in [2.75, 3.05) is 33.4 Å². The highest BCUT2D eigenvalue weighted by Crippen LogP contribution is 2.39. The Balaban J connectivity index is 1.71. The second-order valence-corrected chi connectivity index (χ2v) is 6.48. The van der Waals surface area contributed by atoms with E-state index in [-0.39, 0.29) is 11.2 Å². The van der Waals surface area contributed by atoms with Gasteiger partial charge < -0.3 is 19.7 Å². The third-order valence-electron chi connectivity index (χ3n) is 4.63. The molecule has 1 aromatic rings. The molecule has 0 aliphatic carbocycles. The number of hydrogen-bond donors (Lipinski definition) is 1. The van der Waals surface area contributed by atoms with Crippen LogP contribution in [-0.4, -0.2) is 50.5 Å². The van der Waals surface area contributed by atoms with Crippen molar-refractivity contribution in [1.29, 1.82) is 0 Å². The Morgan fingerprint density at radius 3 is 2.64 bits per heavy atom. The van der Waals surface area contributed by atoms with Gasteiger partial charge in [-0.3, -0.25) is 0 Å². The lowest BCUT2D eigenvalue weighted by Gasteiger charge is -2.47. The number of carbonyl (C=O) groups excluding carboxylic acids is 1. The molecule has 25 heavy (non-hydrogen) atoms. The summed E-state index contributed by atoms with van der Waals surface area (Å²) in [6.45, 7) is 1.84. The van der Waals surface area contributed by atoms with Crippen molar-refractivity contribution >= 4 is 6.03 Å². The van der Waals surface area contributed by atoms with E-state index in [0.29, 0.717) is 26.3 Å². The first-order chi connectivity index (χ1) is 11.7. The van der Waals surface area contributed by atoms with Gasteiger partial charge in [-0.15, -0.1) is 0 Å². The zero-order valence-corrected chi connectivity index (χ0v) is 13.5. The number of benzene rings is 1. The Morgan fingerprint density at radius 1 is 1.40 bits per heavy atom. The summed E-state index contributed by atoms with van der Waals surface area (Å²) < 4.78 is 63.8. The Bertz CT molecular complexity index is 651. The predicted octanol–water partition coefficient (Wildman–Crippen LogP) is 2.87. The lowest BCUT2D eigenvalue weighted by atomic mass is 9.79. The average molecular weight is 362 g/mol. The maximum absolute atomic E-state index is 13.7. The number of likely N-dealkylation sites (tertiary alicyclic amines) is 1. The highest BCUT2D eigenvalue weighted by Gasteiger charge is 2.49. The second kappa shape index (κ2) is 6.36. The van der Waals surface area contributed by atoms with Crippen molar-refractivity contribution in [3.8, 4) is 5.75 Å². The molecule has 3 rings (SSSR count). The lowest BCUT2D eigenvalue weighted by molar-refractivity contribution is -0.156. The van der Waals surface area contributed by atoms with Gasteiger partial charge in [0.1, 0.15) is 0 Å². The zero-order chi connectivity index (χ0) is 18.2. The van der Waals surface area contributed by atoms with Crippen molar-refractivity contribution in [3.05, 3.63) is 29.6 Å². The van der Waals surface area contributed by atoms with Crippen LogP contribution in [-0.2, 0) is 4.74 Å². The summed E-state index contributed by atoms with van der Waals surface area (Å²) in [7, 11) is 1.22. The van der Waals surface area contributed by atoms with Crippen LogP contribution in [0.3, 0.4) is 0 Å². The van der Waals surface area contributed by atoms with Crippen LogP contribution in [0.1, 0.15) is 18.0 Å². The molecule has 9 heteroatoms. The van der Waals surface area contributed by atoms with Crippen molar-refractivity contribution in [1.82, 2.24) is 10.2 Å². The first-order valence-electron chi connectivity index (χ1n) is 7.77. The number of amides is 2. The van der Waals surface area contributed by atoms with E-state index in [9.17, 15) is 22.4 Å². The molecule has 2 aliphatic heterocycles. The van der Waals surface area contributed by atoms with E-state index in [1.54, 1.807) is 0 Å². The van der Waals surface area contributed by atoms with E-state index in [2.05, 4.69) is 0 Å². The molecule has 5 nitrogen and oxygen atoms in total. The molecule has 1 aromatic carbocycles. The van der Waals surface area contributed by atoms with Gasteiger partial charge in [-0.05, 0) is 24.1 Å². The topological polar surface area (TPSA) is 50.8 Å². The number of nitrogens with zero attached hydrogens (tertiary/aromatic N) is 1. The Labute approximate surface area is 141 Å². The van der Waals surface area contributed by atoms with Crippen molar-refractivity contribution in [3.63, 3.8) is 0 Å². The molecule has 0 radical (unpaired) electrons. The van der Waals surface area contributed by atoms with Crippen LogP contribution < -0.4 is 10.1 Å². The summed E-state index contributed by atoms with van der Waals surface area (Å²) in [6, 6.07) is -0.209. The quantitative estimate of drug-likeness (QED) is 0.842. The highest BCUT2D eigenvalue weighted by atomic mass is 19.4. The van der Waals surface area contributed by atoms with Crippen molar-refractivity contribution < 1.29 is 31.8 Å². The molecular weight excluding hydrogens is 344 g/mol. The molecule has 2 saturated heterocycles. The lowest BCUT2D eigenvalue weighted by Crippen LogP contribution is -2.62. The molecule has 2 amide bonds. The number of urea groups is 1. The zero-order valence-electron chi connectivity index (χ0n) is 13.5. The summed E-state index contributed by atoms with van der Waals surface area (Å²) >= 11 is 0. The number of ether oxygens (including phenoxy) is 2. The van der Waals surface area contributed by atoms with Gasteiger partial charge in [-0.1, -0.05) is 6.07 Å². The van der Waals surface area contributed by atoms with Crippen molar-refractivity contribution in [2.45, 2.75) is 18.6 Å². The number of hydrogen-bond acceptors (Lipinski definition) is 3. The highest BCUT2D eigenvalue weighted by molar-refractivity contribution is 5.76. The molecule has 0 bridgehead atoms. The van der Waals surface area contributed by atoms with Crippen LogP contribution in [0.5, 0.6) is 5.75 Å². The van der Waals surface area contributed by atoms with Gasteiger partial charge in [-0.25, -0.2) is 9.18 Å². The fourth-order valence-corrected chi connectivity index (χ4v) is 3.24. The summed E-state index contributed by atoms with van der Waals surface area (Å²) in [4.78, 5) is 13.5. The van der Waals surface area contributed by atoms with E-state index in [1.807, 2.05) is 5.32 Å². The first-order valence-corrected chi connectivity index (χ1v) is 7.77. The summed E-state index contributed by atoms with van der Waals surface area (Å²) in [5, 5.41) is 1.96. The minimum Gasteiger partial charge on any atom is -0.494 e. The van der Waals surface area contributed by atoms with E-state index in [1.165, 1.54) is 12.0 Å². The predicted molar refractivity (Wildman–Crippen MR) is 79.7 cm³/mol. The van der Waals surface area contributed by atoms with Gasteiger partial charge in [0.2, 0.25) is 0 Å². The molecular formula is C16H18F4N2O3. The average Bonchev–Trinajstić information content (AvgIpc) is 2.99. The normalized spacial score (nSPS) is 20.3. The van der Waals surface area contributed by atoms with Gasteiger partial charge in [0.15, 0.2) is 17.6 Å². The number of halogens is 4. The molecule has 1 N–H and O–H groups in total. The summed E-state index contributed by atoms with van der Waals surface area (Å²) in [6.07, 6.45) is -3.96. The molecule has 138 valence electrons. The number of rotatable bonds is 3. The largest absolute Gasteiger partial charge is 0.494 e. The van der Waals surface area contributed by atoms with Gasteiger partial charge in [0, 0.05) is 25.1 Å². The molecule has 2 aliphatic rings. The van der Waals surface area contributed by atoms with Crippen LogP contribution in [0.4, 0.5) is 22.4 Å². The van der Waals surface area contributed by atoms with Crippen LogP contribution in [0.15, 0.2) is 18.2 Å². The number of methoxy groups -OCH3 is 1. The van der Waals surface area contributed by atoms with Gasteiger partial charge in [0.05, 0.1) is 13.7 Å². The van der Waals surface area contributed by atoms with Crippen LogP contribution >= 0.6 is 0 Å². The van der Waals surface area contributed by atoms with E-state index >= 15 is 0 Å². The monoisotopic (exact) mass is 362 g/mol. The molecule has 2 heterocycles. The Hall–Kier alpha value is -2.03. The van der Waals surface area contributed by atoms with E-state index in [4.69, 9.17) is 9.47 Å². The maximum Gasteiger partial charge on any atom is 0.412 e. The molecule has 0 saturated carbocycles. The van der Waals surface area contributed by atoms with Crippen LogP contribution in [0.2, 0.25) is 0 Å². The SMILES string of the molecule is COc1ccc(C(NC(=O)N2CC3(CCOC3)C2)C(F)(F)F)cc1F. The number of carbonyl (C=O) groups is 1. The fraction of sp³-hybridized carbons (Fsp3) is 0.562. The van der Waals surface area contributed by atoms with Gasteiger partial charge >= 0.3 is 12.2 Å².